The molecule has 98 valence electrons. The molecule has 1 spiro atoms. The molecule has 18 heavy (non-hydrogen) atoms. The van der Waals surface area contributed by atoms with Crippen molar-refractivity contribution in [2.75, 3.05) is 18.1 Å². The Labute approximate surface area is 113 Å². The first kappa shape index (κ1) is 12.5. The molecule has 0 bridgehead atoms. The van der Waals surface area contributed by atoms with Gasteiger partial charge in [-0.15, -0.1) is 0 Å². The van der Waals surface area contributed by atoms with Crippen molar-refractivity contribution in [1.29, 1.82) is 0 Å². The molecule has 0 radical (unpaired) electrons. The van der Waals surface area contributed by atoms with Crippen LogP contribution in [0.25, 0.3) is 0 Å². The van der Waals surface area contributed by atoms with Crippen molar-refractivity contribution in [2.24, 2.45) is 0 Å². The molecule has 3 nitrogen and oxygen atoms in total. The maximum atomic E-state index is 6.04. The third kappa shape index (κ3) is 2.87. The number of nitrogens with one attached hydrogen (secondary N) is 1. The number of aromatic nitrogens is 1. The van der Waals surface area contributed by atoms with Crippen molar-refractivity contribution in [2.45, 2.75) is 37.5 Å². The second kappa shape index (κ2) is 5.59. The van der Waals surface area contributed by atoms with Crippen LogP contribution in [0.1, 0.15) is 24.8 Å². The predicted molar refractivity (Wildman–Crippen MR) is 74.7 cm³/mol. The second-order valence-electron chi connectivity index (χ2n) is 5.27. The minimum Gasteiger partial charge on any atom is -0.374 e. The van der Waals surface area contributed by atoms with Gasteiger partial charge in [-0.2, -0.15) is 11.8 Å². The van der Waals surface area contributed by atoms with Crippen molar-refractivity contribution in [3.8, 4) is 0 Å². The molecule has 1 N–H and O–H groups in total. The van der Waals surface area contributed by atoms with Crippen molar-refractivity contribution >= 4 is 11.8 Å². The first-order valence-electron chi connectivity index (χ1n) is 6.70. The van der Waals surface area contributed by atoms with Gasteiger partial charge >= 0.3 is 0 Å². The van der Waals surface area contributed by atoms with E-state index in [9.17, 15) is 0 Å². The topological polar surface area (TPSA) is 34.2 Å². The number of pyridine rings is 1. The van der Waals surface area contributed by atoms with Crippen LogP contribution in [0.4, 0.5) is 0 Å². The highest BCUT2D eigenvalue weighted by Gasteiger charge is 2.40. The van der Waals surface area contributed by atoms with Gasteiger partial charge in [-0.25, -0.2) is 0 Å². The lowest BCUT2D eigenvalue weighted by atomic mass is 9.90. The van der Waals surface area contributed by atoms with E-state index in [-0.39, 0.29) is 5.60 Å². The summed E-state index contributed by atoms with van der Waals surface area (Å²) in [7, 11) is 0. The summed E-state index contributed by atoms with van der Waals surface area (Å²) >= 11 is 2.03. The predicted octanol–water partition coefficient (Wildman–Crippen LogP) is 2.23. The summed E-state index contributed by atoms with van der Waals surface area (Å²) in [4.78, 5) is 4.15. The third-order valence-electron chi connectivity index (χ3n) is 3.88. The van der Waals surface area contributed by atoms with E-state index in [1.54, 1.807) is 0 Å². The zero-order chi connectivity index (χ0) is 12.3. The van der Waals surface area contributed by atoms with Crippen LogP contribution >= 0.6 is 11.8 Å². The molecular formula is C14H20N2OS. The highest BCUT2D eigenvalue weighted by Crippen LogP contribution is 2.38. The molecule has 2 aliphatic rings. The average Bonchev–Trinajstić information content (AvgIpc) is 2.86. The summed E-state index contributed by atoms with van der Waals surface area (Å²) < 4.78 is 6.04. The number of hydrogen-bond donors (Lipinski definition) is 1. The van der Waals surface area contributed by atoms with Crippen LogP contribution in [0.15, 0.2) is 24.5 Å². The highest BCUT2D eigenvalue weighted by molar-refractivity contribution is 7.99. The summed E-state index contributed by atoms with van der Waals surface area (Å²) in [6.07, 6.45) is 7.28. The maximum Gasteiger partial charge on any atom is 0.0795 e. The van der Waals surface area contributed by atoms with Crippen LogP contribution in [0.5, 0.6) is 0 Å². The molecule has 2 atom stereocenters. The summed E-state index contributed by atoms with van der Waals surface area (Å²) in [6, 6.07) is 4.72. The Hall–Kier alpha value is -0.580. The van der Waals surface area contributed by atoms with Gasteiger partial charge in [-0.1, -0.05) is 6.07 Å². The van der Waals surface area contributed by atoms with Crippen molar-refractivity contribution in [3.05, 3.63) is 30.1 Å². The standard InChI is InChI=1S/C14H20N2OS/c1-2-12(9-15-5-1)10-16-13-3-6-17-14(8-13)4-7-18-11-14/h1-2,5,9,13,16H,3-4,6-8,10-11H2. The third-order valence-corrected chi connectivity index (χ3v) is 5.10. The van der Waals surface area contributed by atoms with E-state index < -0.39 is 0 Å². The lowest BCUT2D eigenvalue weighted by Crippen LogP contribution is -2.47. The fourth-order valence-electron chi connectivity index (χ4n) is 2.83. The first-order chi connectivity index (χ1) is 8.86. The molecule has 2 fully saturated rings. The molecule has 2 unspecified atom stereocenters. The zero-order valence-electron chi connectivity index (χ0n) is 10.6. The quantitative estimate of drug-likeness (QED) is 0.908. The number of hydrogen-bond acceptors (Lipinski definition) is 4. The zero-order valence-corrected chi connectivity index (χ0v) is 11.4. The van der Waals surface area contributed by atoms with Gasteiger partial charge < -0.3 is 10.1 Å². The van der Waals surface area contributed by atoms with Gasteiger partial charge in [0.15, 0.2) is 0 Å². The lowest BCUT2D eigenvalue weighted by Gasteiger charge is -2.38. The first-order valence-corrected chi connectivity index (χ1v) is 7.86. The number of thioether (sulfide) groups is 1. The van der Waals surface area contributed by atoms with Crippen LogP contribution in [0, 0.1) is 0 Å². The van der Waals surface area contributed by atoms with Gasteiger partial charge in [0.1, 0.15) is 0 Å². The molecule has 2 saturated heterocycles. The Balaban J connectivity index is 1.54. The minimum atomic E-state index is 0.176. The Morgan fingerprint density at radius 2 is 2.56 bits per heavy atom. The van der Waals surface area contributed by atoms with E-state index in [4.69, 9.17) is 4.74 Å². The largest absolute Gasteiger partial charge is 0.374 e. The van der Waals surface area contributed by atoms with Crippen LogP contribution < -0.4 is 5.32 Å². The van der Waals surface area contributed by atoms with Crippen molar-refractivity contribution in [1.82, 2.24) is 10.3 Å². The van der Waals surface area contributed by atoms with E-state index in [1.165, 1.54) is 29.9 Å². The molecule has 0 aliphatic carbocycles. The molecule has 1 aromatic heterocycles. The van der Waals surface area contributed by atoms with E-state index in [0.29, 0.717) is 6.04 Å². The number of rotatable bonds is 3. The molecule has 4 heteroatoms. The Bertz CT molecular complexity index is 379. The Kier molecular flexibility index (Phi) is 3.87. The second-order valence-corrected chi connectivity index (χ2v) is 6.37. The van der Waals surface area contributed by atoms with Gasteiger partial charge in [0.05, 0.1) is 5.60 Å². The van der Waals surface area contributed by atoms with Crippen molar-refractivity contribution in [3.63, 3.8) is 0 Å². The summed E-state index contributed by atoms with van der Waals surface area (Å²) in [5.74, 6) is 2.44. The fourth-order valence-corrected chi connectivity index (χ4v) is 4.21. The normalized spacial score (nSPS) is 31.9. The fraction of sp³-hybridized carbons (Fsp3) is 0.643. The van der Waals surface area contributed by atoms with Gasteiger partial charge in [0.2, 0.25) is 0 Å². The molecule has 3 heterocycles. The molecule has 0 saturated carbocycles. The number of nitrogens with zero attached hydrogens (tertiary/aromatic N) is 1. The van der Waals surface area contributed by atoms with Gasteiger partial charge in [0.25, 0.3) is 0 Å². The highest BCUT2D eigenvalue weighted by atomic mass is 32.2. The van der Waals surface area contributed by atoms with Crippen molar-refractivity contribution < 1.29 is 4.74 Å². The maximum absolute atomic E-state index is 6.04. The molecule has 0 aromatic carbocycles. The SMILES string of the molecule is c1cncc(CNC2CCOC3(CCSC3)C2)c1. The van der Waals surface area contributed by atoms with E-state index >= 15 is 0 Å². The average molecular weight is 264 g/mol. The van der Waals surface area contributed by atoms with Gasteiger partial charge in [-0.3, -0.25) is 4.98 Å². The van der Waals surface area contributed by atoms with E-state index in [0.717, 1.165) is 19.6 Å². The lowest BCUT2D eigenvalue weighted by molar-refractivity contribution is -0.0703. The monoisotopic (exact) mass is 264 g/mol. The van der Waals surface area contributed by atoms with Crippen LogP contribution in [0.2, 0.25) is 0 Å². The smallest absolute Gasteiger partial charge is 0.0795 e. The van der Waals surface area contributed by atoms with Gasteiger partial charge in [-0.05, 0) is 36.6 Å². The summed E-state index contributed by atoms with van der Waals surface area (Å²) in [6.45, 7) is 1.83. The van der Waals surface area contributed by atoms with Crippen LogP contribution in [-0.2, 0) is 11.3 Å². The molecule has 1 aromatic rings. The molecular weight excluding hydrogens is 244 g/mol. The molecule has 2 aliphatic heterocycles. The summed E-state index contributed by atoms with van der Waals surface area (Å²) in [5, 5.41) is 3.66. The molecule has 0 amide bonds. The Morgan fingerprint density at radius 3 is 3.33 bits per heavy atom. The van der Waals surface area contributed by atoms with Gasteiger partial charge in [0, 0.05) is 37.3 Å². The van der Waals surface area contributed by atoms with E-state index in [1.807, 2.05) is 30.2 Å². The minimum absolute atomic E-state index is 0.176. The number of ether oxygens (including phenoxy) is 1. The van der Waals surface area contributed by atoms with Crippen LogP contribution in [-0.4, -0.2) is 34.7 Å². The van der Waals surface area contributed by atoms with Crippen LogP contribution in [0.3, 0.4) is 0 Å². The summed E-state index contributed by atoms with van der Waals surface area (Å²) in [5.41, 5.74) is 1.44. The Morgan fingerprint density at radius 1 is 1.56 bits per heavy atom. The van der Waals surface area contributed by atoms with E-state index in [2.05, 4.69) is 16.4 Å². The molecule has 3 rings (SSSR count).